The van der Waals surface area contributed by atoms with E-state index in [0.29, 0.717) is 5.82 Å². The maximum absolute atomic E-state index is 5.43. The Morgan fingerprint density at radius 2 is 0.821 bits per heavy atom. The third-order valence-electron chi connectivity index (χ3n) is 11.5. The van der Waals surface area contributed by atoms with Crippen LogP contribution >= 0.6 is 0 Å². The Morgan fingerprint density at radius 3 is 1.55 bits per heavy atom. The van der Waals surface area contributed by atoms with Gasteiger partial charge in [-0.15, -0.1) is 0 Å². The zero-order valence-electron chi connectivity index (χ0n) is 30.3. The smallest absolute Gasteiger partial charge is 0.162 e. The first-order valence-electron chi connectivity index (χ1n) is 19.1. The second-order valence-corrected chi connectivity index (χ2v) is 14.7. The molecule has 0 unspecified atom stereocenters. The maximum Gasteiger partial charge on any atom is 0.162 e. The summed E-state index contributed by atoms with van der Waals surface area (Å²) in [6.45, 7) is 0. The number of para-hydroxylation sites is 2. The summed E-state index contributed by atoms with van der Waals surface area (Å²) in [5.41, 5.74) is 9.95. The van der Waals surface area contributed by atoms with Crippen molar-refractivity contribution in [3.63, 3.8) is 0 Å². The van der Waals surface area contributed by atoms with Crippen molar-refractivity contribution in [3.05, 3.63) is 194 Å². The van der Waals surface area contributed by atoms with E-state index in [1.165, 1.54) is 59.7 Å². The molecule has 0 atom stereocenters. The van der Waals surface area contributed by atoms with Crippen LogP contribution in [-0.2, 0) is 0 Å². The van der Waals surface area contributed by atoms with Gasteiger partial charge in [0.25, 0.3) is 0 Å². The third kappa shape index (κ3) is 4.66. The fraction of sp³-hybridized carbons (Fsp3) is 0. The largest absolute Gasteiger partial charge is 0.309 e. The first-order valence-corrected chi connectivity index (χ1v) is 19.1. The van der Waals surface area contributed by atoms with Crippen LogP contribution in [0.3, 0.4) is 0 Å². The van der Waals surface area contributed by atoms with Gasteiger partial charge in [-0.25, -0.2) is 9.97 Å². The summed E-state index contributed by atoms with van der Waals surface area (Å²) in [5, 5.41) is 10.7. The van der Waals surface area contributed by atoms with E-state index in [2.05, 4.69) is 197 Å². The molecule has 0 aliphatic rings. The van der Waals surface area contributed by atoms with E-state index in [4.69, 9.17) is 9.97 Å². The SMILES string of the molecule is c1ccc(-c2ccc(-c3nc(-n4c5ccc(-n6c7ccccc7c7cc8ccccc8cc76)cc5c5cc6ccccc6cc54)c4ccccc4n3)cc2)cc1. The molecule has 260 valence electrons. The highest BCUT2D eigenvalue weighted by atomic mass is 15.1. The molecule has 56 heavy (non-hydrogen) atoms. The van der Waals surface area contributed by atoms with Crippen LogP contribution in [0.25, 0.3) is 110 Å². The van der Waals surface area contributed by atoms with E-state index >= 15 is 0 Å². The van der Waals surface area contributed by atoms with Crippen molar-refractivity contribution in [2.45, 2.75) is 0 Å². The molecule has 0 spiro atoms. The summed E-state index contributed by atoms with van der Waals surface area (Å²) in [5.74, 6) is 1.56. The number of nitrogens with zero attached hydrogens (tertiary/aromatic N) is 4. The summed E-state index contributed by atoms with van der Waals surface area (Å²) < 4.78 is 4.78. The summed E-state index contributed by atoms with van der Waals surface area (Å²) in [4.78, 5) is 10.6. The number of hydrogen-bond donors (Lipinski definition) is 0. The van der Waals surface area contributed by atoms with E-state index < -0.39 is 0 Å². The van der Waals surface area contributed by atoms with E-state index in [1.54, 1.807) is 0 Å². The van der Waals surface area contributed by atoms with Gasteiger partial charge in [0.2, 0.25) is 0 Å². The monoisotopic (exact) mass is 712 g/mol. The average molecular weight is 713 g/mol. The molecule has 4 heteroatoms. The van der Waals surface area contributed by atoms with Gasteiger partial charge in [0, 0.05) is 38.2 Å². The molecule has 12 aromatic rings. The molecule has 0 radical (unpaired) electrons. The van der Waals surface area contributed by atoms with Gasteiger partial charge in [-0.3, -0.25) is 4.57 Å². The molecule has 0 saturated heterocycles. The quantitative estimate of drug-likeness (QED) is 0.182. The summed E-state index contributed by atoms with van der Waals surface area (Å²) in [7, 11) is 0. The molecule has 0 aliphatic carbocycles. The first-order chi connectivity index (χ1) is 27.7. The minimum Gasteiger partial charge on any atom is -0.309 e. The van der Waals surface area contributed by atoms with Gasteiger partial charge in [-0.1, -0.05) is 133 Å². The molecular formula is C52H32N4. The van der Waals surface area contributed by atoms with Gasteiger partial charge >= 0.3 is 0 Å². The van der Waals surface area contributed by atoms with Crippen molar-refractivity contribution < 1.29 is 0 Å². The normalized spacial score (nSPS) is 11.9. The number of rotatable bonds is 4. The lowest BCUT2D eigenvalue weighted by atomic mass is 10.0. The van der Waals surface area contributed by atoms with Crippen LogP contribution < -0.4 is 0 Å². The molecule has 0 fully saturated rings. The van der Waals surface area contributed by atoms with Crippen LogP contribution in [0.1, 0.15) is 0 Å². The molecule has 0 bridgehead atoms. The first kappa shape index (κ1) is 30.9. The molecule has 0 saturated carbocycles. The second kappa shape index (κ2) is 12.0. The van der Waals surface area contributed by atoms with Crippen molar-refractivity contribution in [2.24, 2.45) is 0 Å². The van der Waals surface area contributed by atoms with Gasteiger partial charge in [-0.2, -0.15) is 0 Å². The molecule has 0 N–H and O–H groups in total. The summed E-state index contributed by atoms with van der Waals surface area (Å²) in [6, 6.07) is 69.7. The molecule has 4 nitrogen and oxygen atoms in total. The van der Waals surface area contributed by atoms with Gasteiger partial charge in [0.05, 0.1) is 27.6 Å². The Kier molecular flexibility index (Phi) is 6.60. The molecule has 0 amide bonds. The minimum absolute atomic E-state index is 0.697. The molecular weight excluding hydrogens is 681 g/mol. The maximum atomic E-state index is 5.43. The lowest BCUT2D eigenvalue weighted by molar-refractivity contribution is 1.07. The van der Waals surface area contributed by atoms with Crippen LogP contribution in [0.2, 0.25) is 0 Å². The number of hydrogen-bond acceptors (Lipinski definition) is 2. The lowest BCUT2D eigenvalue weighted by Crippen LogP contribution is -2.03. The zero-order chi connectivity index (χ0) is 36.7. The number of fused-ring (bicyclic) bond motifs is 9. The summed E-state index contributed by atoms with van der Waals surface area (Å²) in [6.07, 6.45) is 0. The van der Waals surface area contributed by atoms with Crippen LogP contribution in [0.15, 0.2) is 194 Å². The Bertz CT molecular complexity index is 3520. The Labute approximate surface area is 322 Å². The highest BCUT2D eigenvalue weighted by molar-refractivity contribution is 6.16. The topological polar surface area (TPSA) is 35.6 Å². The van der Waals surface area contributed by atoms with Crippen molar-refractivity contribution in [1.82, 2.24) is 19.1 Å². The Balaban J connectivity index is 1.13. The second-order valence-electron chi connectivity index (χ2n) is 14.7. The predicted molar refractivity (Wildman–Crippen MR) is 234 cm³/mol. The molecule has 3 aromatic heterocycles. The predicted octanol–water partition coefficient (Wildman–Crippen LogP) is 13.5. The van der Waals surface area contributed by atoms with Gasteiger partial charge in [0.1, 0.15) is 5.82 Å². The van der Waals surface area contributed by atoms with Gasteiger partial charge in [0.15, 0.2) is 5.82 Å². The summed E-state index contributed by atoms with van der Waals surface area (Å²) >= 11 is 0. The van der Waals surface area contributed by atoms with Gasteiger partial charge < -0.3 is 4.57 Å². The molecule has 0 aliphatic heterocycles. The fourth-order valence-electron chi connectivity index (χ4n) is 8.80. The van der Waals surface area contributed by atoms with Gasteiger partial charge in [-0.05, 0) is 93.3 Å². The average Bonchev–Trinajstić information content (AvgIpc) is 3.75. The number of benzene rings is 9. The number of aromatic nitrogens is 4. The Morgan fingerprint density at radius 1 is 0.304 bits per heavy atom. The van der Waals surface area contributed by atoms with Crippen LogP contribution in [0.4, 0.5) is 0 Å². The highest BCUT2D eigenvalue weighted by Crippen LogP contribution is 2.40. The standard InChI is InChI=1S/C52H32N4/c1-2-12-33(13-3-1)34-22-24-35(25-23-34)51-53-46-20-10-8-19-42(46)52(54-51)56-48-27-26-40(32-45(48)44-29-37-15-5-7-17-39(37)31-50(44)56)55-47-21-11-9-18-41(47)43-28-36-14-4-6-16-38(36)30-49(43)55/h1-32H. The highest BCUT2D eigenvalue weighted by Gasteiger charge is 2.20. The zero-order valence-corrected chi connectivity index (χ0v) is 30.3. The minimum atomic E-state index is 0.697. The van der Waals surface area contributed by atoms with E-state index in [-0.39, 0.29) is 0 Å². The van der Waals surface area contributed by atoms with Crippen molar-refractivity contribution in [2.75, 3.05) is 0 Å². The molecule has 12 rings (SSSR count). The van der Waals surface area contributed by atoms with Crippen molar-refractivity contribution in [3.8, 4) is 34.0 Å². The van der Waals surface area contributed by atoms with Crippen LogP contribution in [-0.4, -0.2) is 19.1 Å². The van der Waals surface area contributed by atoms with Crippen molar-refractivity contribution >= 4 is 76.1 Å². The van der Waals surface area contributed by atoms with Crippen LogP contribution in [0, 0.1) is 0 Å². The third-order valence-corrected chi connectivity index (χ3v) is 11.5. The van der Waals surface area contributed by atoms with E-state index in [1.807, 2.05) is 6.07 Å². The van der Waals surface area contributed by atoms with E-state index in [9.17, 15) is 0 Å². The van der Waals surface area contributed by atoms with Crippen LogP contribution in [0.5, 0.6) is 0 Å². The Hall–Kier alpha value is -7.56. The lowest BCUT2D eigenvalue weighted by Gasteiger charge is -2.13. The molecule has 3 heterocycles. The molecule has 9 aromatic carbocycles. The van der Waals surface area contributed by atoms with E-state index in [0.717, 1.165) is 44.6 Å². The van der Waals surface area contributed by atoms with Crippen molar-refractivity contribution in [1.29, 1.82) is 0 Å². The fourth-order valence-corrected chi connectivity index (χ4v) is 8.80.